The van der Waals surface area contributed by atoms with Crippen LogP contribution in [0.25, 0.3) is 54.5 Å². The van der Waals surface area contributed by atoms with Gasteiger partial charge in [-0.05, 0) is 344 Å². The normalized spacial score (nSPS) is 30.1. The number of aliphatic hydroxyl groups excluding tert-OH is 2. The van der Waals surface area contributed by atoms with Crippen molar-refractivity contribution in [1.29, 1.82) is 0 Å². The van der Waals surface area contributed by atoms with E-state index in [0.717, 1.165) is 236 Å². The van der Waals surface area contributed by atoms with Gasteiger partial charge >= 0.3 is 0 Å². The van der Waals surface area contributed by atoms with E-state index in [2.05, 4.69) is 102 Å². The first kappa shape index (κ1) is 104. The van der Waals surface area contributed by atoms with Crippen LogP contribution in [0, 0.1) is 109 Å². The number of hydrogen-bond acceptors (Lipinski definition) is 20. The number of benzene rings is 5. The molecule has 0 saturated heterocycles. The summed E-state index contributed by atoms with van der Waals surface area (Å²) >= 11 is 5.54. The van der Waals surface area contributed by atoms with Crippen LogP contribution in [-0.2, 0) is 67.7 Å². The van der Waals surface area contributed by atoms with Crippen molar-refractivity contribution in [3.8, 4) is 0 Å². The quantitative estimate of drug-likeness (QED) is 0.00418. The fraction of sp³-hybridized carbons (Fsp3) is 0.623. The van der Waals surface area contributed by atoms with Crippen LogP contribution >= 0.6 is 38.5 Å². The molecule has 20 aliphatic carbocycles. The Kier molecular flexibility index (Phi) is 32.4. The van der Waals surface area contributed by atoms with E-state index in [4.69, 9.17) is 34.8 Å². The van der Waals surface area contributed by atoms with Crippen molar-refractivity contribution in [2.45, 2.75) is 279 Å². The van der Waals surface area contributed by atoms with Crippen LogP contribution in [0.5, 0.6) is 0 Å². The van der Waals surface area contributed by atoms with Crippen molar-refractivity contribution in [1.82, 2.24) is 75.9 Å². The zero-order valence-electron chi connectivity index (χ0n) is 81.6. The number of carbonyl (C=O) groups is 5. The van der Waals surface area contributed by atoms with Crippen LogP contribution in [0.3, 0.4) is 0 Å². The zero-order valence-corrected chi connectivity index (χ0v) is 87.6. The molecule has 9 N–H and O–H groups in total. The number of aryl methyl sites for hydroxylation is 4. The number of H-pyrrole nitrogens is 1. The van der Waals surface area contributed by atoms with Gasteiger partial charge < -0.3 is 46.8 Å². The van der Waals surface area contributed by atoms with E-state index < -0.39 is 20.3 Å². The molecule has 20 saturated carbocycles. The monoisotopic (exact) mass is 2250 g/mol. The second kappa shape index (κ2) is 44.6. The Bertz CT molecular complexity index is 6050. The molecule has 0 spiro atoms. The fourth-order valence-electron chi connectivity index (χ4n) is 31.1. The van der Waals surface area contributed by atoms with Crippen LogP contribution in [0.15, 0.2) is 121 Å². The topological polar surface area (TPSA) is 445 Å². The zero-order chi connectivity index (χ0) is 98.8. The molecule has 10 aromatic rings. The summed E-state index contributed by atoms with van der Waals surface area (Å²) in [5.41, 5.74) is 7.31. The summed E-state index contributed by atoms with van der Waals surface area (Å²) in [5, 5.41) is 88.6. The van der Waals surface area contributed by atoms with Gasteiger partial charge in [-0.25, -0.2) is 0 Å². The molecule has 773 valence electrons. The molecular weight excluding hydrogens is 2110 g/mol. The molecule has 1 radical (unpaired) electrons. The second-order valence-electron chi connectivity index (χ2n) is 45.1. The molecule has 33 nitrogen and oxygen atoms in total. The number of halogens is 2. The van der Waals surface area contributed by atoms with Crippen molar-refractivity contribution in [2.24, 2.45) is 88.8 Å². The largest absolute Gasteiger partial charge is 0.396 e. The number of hydrogen-bond donors (Lipinski definition) is 9. The number of alkyl halides is 2. The van der Waals surface area contributed by atoms with Gasteiger partial charge in [0, 0.05) is 126 Å². The van der Waals surface area contributed by atoms with Crippen molar-refractivity contribution in [3.05, 3.63) is 170 Å². The Hall–Kier alpha value is -9.02. The van der Waals surface area contributed by atoms with E-state index in [-0.39, 0.29) is 99.4 Å². The number of para-hydroxylation sites is 5. The van der Waals surface area contributed by atoms with E-state index in [0.29, 0.717) is 74.0 Å². The Balaban J connectivity index is 0.000000115. The number of aliphatic hydroxyl groups is 2. The summed E-state index contributed by atoms with van der Waals surface area (Å²) in [6.07, 6.45) is 42.1. The molecule has 5 aromatic heterocycles. The summed E-state index contributed by atoms with van der Waals surface area (Å²) in [6.45, 7) is 2.97. The summed E-state index contributed by atoms with van der Waals surface area (Å²) in [5.74, 6) is 11.8. The number of carbonyl (C=O) groups excluding carboxylic acids is 5. The number of nitrogens with one attached hydrogen (secondary N) is 6. The molecule has 20 bridgehead atoms. The maximum atomic E-state index is 13.3. The van der Waals surface area contributed by atoms with Gasteiger partial charge in [0.15, 0.2) is 28.5 Å². The van der Waals surface area contributed by atoms with Gasteiger partial charge in [-0.2, -0.15) is 33.9 Å². The smallest absolute Gasteiger partial charge is 0.294 e. The molecule has 143 heavy (non-hydrogen) atoms. The van der Waals surface area contributed by atoms with Crippen LogP contribution in [0.4, 0.5) is 0 Å². The van der Waals surface area contributed by atoms with Gasteiger partial charge in [0.2, 0.25) is 0 Å². The van der Waals surface area contributed by atoms with E-state index >= 15 is 0 Å². The van der Waals surface area contributed by atoms with Crippen molar-refractivity contribution >= 4 is 133 Å². The Morgan fingerprint density at radius 2 is 0.636 bits per heavy atom. The van der Waals surface area contributed by atoms with Gasteiger partial charge in [-0.1, -0.05) is 130 Å². The number of aromatic amines is 1. The van der Waals surface area contributed by atoms with Gasteiger partial charge in [0.1, 0.15) is 0 Å². The fourth-order valence-corrected chi connectivity index (χ4v) is 32.1. The molecule has 5 aromatic carbocycles. The van der Waals surface area contributed by atoms with E-state index in [1.165, 1.54) is 135 Å². The molecule has 0 atom stereocenters. The van der Waals surface area contributed by atoms with Crippen molar-refractivity contribution < 1.29 is 89.4 Å². The third-order valence-electron chi connectivity index (χ3n) is 34.1. The second-order valence-corrected chi connectivity index (χ2v) is 48.7. The average Bonchev–Trinajstić information content (AvgIpc) is 1.63. The number of nitrogens with zero attached hydrogens (tertiary/aromatic N) is 11. The molecule has 5 amide bonds. The summed E-state index contributed by atoms with van der Waals surface area (Å²) in [7, 11) is -3.45. The minimum absolute atomic E-state index is 0. The van der Waals surface area contributed by atoms with Crippen LogP contribution in [0.2, 0.25) is 0 Å². The number of aromatic nitrogens is 10. The first-order valence-corrected chi connectivity index (χ1v) is 56.6. The van der Waals surface area contributed by atoms with Crippen molar-refractivity contribution in [2.75, 3.05) is 42.4 Å². The van der Waals surface area contributed by atoms with Crippen LogP contribution in [0.1, 0.15) is 277 Å². The molecule has 0 aliphatic heterocycles. The molecule has 30 rings (SSSR count). The molecule has 5 heterocycles. The number of amides is 5. The molecule has 0 unspecified atom stereocenters. The van der Waals surface area contributed by atoms with E-state index in [9.17, 15) is 42.5 Å². The summed E-state index contributed by atoms with van der Waals surface area (Å²) < 4.78 is 35.7. The number of rotatable bonds is 28. The summed E-state index contributed by atoms with van der Waals surface area (Å²) in [6, 6.07) is 39.3. The average molecular weight is 2250 g/mol. The molecular formula is C106H137AgBrIN17O16S. The van der Waals surface area contributed by atoms with Gasteiger partial charge in [-0.3, -0.25) is 52.0 Å². The minimum atomic E-state index is -3.45. The van der Waals surface area contributed by atoms with Crippen molar-refractivity contribution in [3.63, 3.8) is 0 Å². The van der Waals surface area contributed by atoms with Crippen LogP contribution in [-0.4, -0.2) is 183 Å². The number of fused-ring (bicyclic) bond motifs is 5. The Morgan fingerprint density at radius 1 is 0.399 bits per heavy atom. The molecule has 20 aliphatic rings. The maximum absolute atomic E-state index is 13.3. The third-order valence-corrected chi connectivity index (χ3v) is 36.0. The first-order chi connectivity index (χ1) is 68.5. The van der Waals surface area contributed by atoms with Gasteiger partial charge in [0.25, 0.3) is 49.8 Å². The third kappa shape index (κ3) is 24.1. The SMILES string of the molecule is CS(=O)(=O)OCCCn1nc(C(=O)NC23CC4CC(CC(C4)C2)C3)c2ccccc21.O=C(NC12CC3CC(CC(C3)C1)C2)c1n[nH]c2ccccc12.O=C(NC12CC3CC(CC(C3)C1)C2)c1nn(CCCI)c2ccccc12.O=C(NC12CC3CC(CC(C3)C1)C2)c1nn(CCCO)c2ccccc12.O=C(NC12CC3CC(CC(C3)C1)C2)c1nn(CCCO[N+](=O)[O-])c2ccccc12.O=[N+]([O-])O.OCCCBr.[Ag]. The van der Waals surface area contributed by atoms with Gasteiger partial charge in [-0.15, -0.1) is 20.2 Å². The molecule has 20 fully saturated rings. The Morgan fingerprint density at radius 3 is 0.881 bits per heavy atom. The first-order valence-electron chi connectivity index (χ1n) is 52.1. The van der Waals surface area contributed by atoms with E-state index in [1.54, 1.807) is 9.36 Å². The minimum Gasteiger partial charge on any atom is -0.396 e. The summed E-state index contributed by atoms with van der Waals surface area (Å²) in [4.78, 5) is 88.9. The predicted molar refractivity (Wildman–Crippen MR) is 549 cm³/mol. The standard InChI is InChI=1S/C22H29N3O4S.C21H26IN3O.C21H26N4O4.C21H27N3O2.C18H21N3O.C3H7BrO.Ag.HNO3/c1-30(27,28)29-8-4-7-25-19-6-3-2-5-18(19)20(24-25)21(26)23-22-12-15-9-16(13-22)11-17(10-15)14-22;22-6-3-7-25-18-5-2-1-4-17(18)19(24-25)20(26)23-21-11-14-8-15(12-21)10-16(9-14)13-21;26-20(22-21-11-14-8-15(12-21)10-16(9-14)13-21)19-17-4-1-2-5-18(17)24(23-19)6-3-7-29-25(27)28;25-7-3-6-24-18-5-2-1-4-17(18)19(23-24)20(26)22-21-11-14-8-15(12-21)10-16(9-14)13-21;22-17(16-14-3-1-2-4-15(14)20-21-16)19-18-8-11-5-12(9-18)7-13(6-11)10-18;4-2-1-3-5;;2-1(3)4/h2-3,5-6,15-17H,4,7-14H2,1H3,(H,23,26);1-2,4-5,14-16H,3,6-13H2,(H,23,26);1-2,4-5,14-16H,3,6-13H2,(H,22,26);1-2,4-5,14-16,25H,3,6-13H2,(H,22,26);1-4,11-13H,5-10H2,(H,19,22)(H,20,21);5H,1-3H2;;(H,2,3,4). The predicted octanol–water partition coefficient (Wildman–Crippen LogP) is 17.8. The van der Waals surface area contributed by atoms with Gasteiger partial charge in [0.05, 0.1) is 47.1 Å². The Labute approximate surface area is 871 Å². The maximum Gasteiger partial charge on any atom is 0.294 e. The van der Waals surface area contributed by atoms with Crippen LogP contribution < -0.4 is 26.6 Å². The van der Waals surface area contributed by atoms with E-state index in [1.807, 2.05) is 125 Å². The molecule has 37 heteroatoms.